The number of Topliss-reactive ketones (excluding diaryl/α,β-unsaturated/α-hetero) is 1. The number of benzene rings is 2. The van der Waals surface area contributed by atoms with E-state index in [-0.39, 0.29) is 18.1 Å². The van der Waals surface area contributed by atoms with Gasteiger partial charge >= 0.3 is 6.18 Å². The number of ketones is 1. The third-order valence-corrected chi connectivity index (χ3v) is 4.60. The minimum absolute atomic E-state index is 0.154. The second-order valence-electron chi connectivity index (χ2n) is 6.60. The van der Waals surface area contributed by atoms with Crippen molar-refractivity contribution in [2.45, 2.75) is 12.7 Å². The first-order valence-electron chi connectivity index (χ1n) is 8.92. The number of rotatable bonds is 5. The minimum Gasteiger partial charge on any atom is -0.342 e. The molecule has 0 bridgehead atoms. The second-order valence-corrected chi connectivity index (χ2v) is 6.60. The summed E-state index contributed by atoms with van der Waals surface area (Å²) < 4.78 is 40.0. The summed E-state index contributed by atoms with van der Waals surface area (Å²) in [5, 5.41) is 2.97. The maximum absolute atomic E-state index is 12.8. The van der Waals surface area contributed by atoms with Crippen molar-refractivity contribution < 1.29 is 22.8 Å². The molecule has 4 rings (SSSR count). The lowest BCUT2D eigenvalue weighted by Gasteiger charge is -2.09. The summed E-state index contributed by atoms with van der Waals surface area (Å²) in [6, 6.07) is 11.8. The number of anilines is 1. The van der Waals surface area contributed by atoms with Gasteiger partial charge < -0.3 is 9.55 Å². The summed E-state index contributed by atoms with van der Waals surface area (Å²) >= 11 is 0. The molecule has 0 saturated carbocycles. The van der Waals surface area contributed by atoms with E-state index in [0.717, 1.165) is 12.1 Å². The van der Waals surface area contributed by atoms with Crippen LogP contribution in [-0.2, 0) is 17.5 Å². The van der Waals surface area contributed by atoms with Crippen molar-refractivity contribution in [2.24, 2.45) is 0 Å². The van der Waals surface area contributed by atoms with Crippen LogP contribution < -0.4 is 5.32 Å². The maximum atomic E-state index is 12.8. The van der Waals surface area contributed by atoms with E-state index in [1.165, 1.54) is 30.7 Å². The van der Waals surface area contributed by atoms with Crippen LogP contribution in [0, 0.1) is 0 Å². The number of H-pyrrole nitrogens is 1. The number of hydrogen-bond donors (Lipinski definition) is 2. The van der Waals surface area contributed by atoms with Gasteiger partial charge in [-0.15, -0.1) is 0 Å². The van der Waals surface area contributed by atoms with Gasteiger partial charge in [0.25, 0.3) is 11.7 Å². The average molecular weight is 412 g/mol. The van der Waals surface area contributed by atoms with E-state index in [1.807, 2.05) is 0 Å². The molecule has 0 aliphatic heterocycles. The summed E-state index contributed by atoms with van der Waals surface area (Å²) in [4.78, 5) is 31.6. The number of carbonyl (C=O) groups excluding carboxylic acids is 2. The molecule has 2 aromatic heterocycles. The Balaban J connectivity index is 1.64. The smallest absolute Gasteiger partial charge is 0.342 e. The first kappa shape index (κ1) is 19.4. The molecule has 4 aromatic rings. The standard InChI is InChI=1S/C21H15F3N4O2/c22-21(23,24)14-7-5-13(6-8-14)11-28-12-16(15-3-1-2-4-17(15)28)18(29)19(30)27-20-25-9-10-26-20/h1-10,12H,11H2,(H2,25,26,27,30). The van der Waals surface area contributed by atoms with E-state index < -0.39 is 23.4 Å². The number of nitrogens with zero attached hydrogens (tertiary/aromatic N) is 2. The molecule has 152 valence electrons. The van der Waals surface area contributed by atoms with Gasteiger partial charge in [-0.05, 0) is 23.8 Å². The highest BCUT2D eigenvalue weighted by Gasteiger charge is 2.30. The lowest BCUT2D eigenvalue weighted by atomic mass is 10.1. The van der Waals surface area contributed by atoms with Crippen LogP contribution >= 0.6 is 0 Å². The van der Waals surface area contributed by atoms with Gasteiger partial charge in [0, 0.05) is 36.0 Å². The Bertz CT molecular complexity index is 1210. The van der Waals surface area contributed by atoms with Crippen LogP contribution in [-0.4, -0.2) is 26.2 Å². The lowest BCUT2D eigenvalue weighted by molar-refractivity contribution is -0.137. The largest absolute Gasteiger partial charge is 0.416 e. The number of imidazole rings is 1. The van der Waals surface area contributed by atoms with E-state index in [2.05, 4.69) is 15.3 Å². The van der Waals surface area contributed by atoms with Crippen molar-refractivity contribution in [3.8, 4) is 0 Å². The van der Waals surface area contributed by atoms with Crippen LogP contribution in [0.4, 0.5) is 19.1 Å². The first-order valence-corrected chi connectivity index (χ1v) is 8.92. The normalized spacial score (nSPS) is 11.6. The Morgan fingerprint density at radius 3 is 2.47 bits per heavy atom. The van der Waals surface area contributed by atoms with Gasteiger partial charge in [-0.25, -0.2) is 4.98 Å². The number of para-hydroxylation sites is 1. The first-order chi connectivity index (χ1) is 14.3. The number of nitrogens with one attached hydrogen (secondary N) is 2. The molecule has 0 aliphatic rings. The predicted molar refractivity (Wildman–Crippen MR) is 104 cm³/mol. The van der Waals surface area contributed by atoms with Crippen LogP contribution in [0.3, 0.4) is 0 Å². The molecule has 0 aliphatic carbocycles. The highest BCUT2D eigenvalue weighted by Crippen LogP contribution is 2.29. The Hall–Kier alpha value is -3.88. The number of aromatic nitrogens is 3. The fourth-order valence-electron chi connectivity index (χ4n) is 3.17. The molecule has 0 atom stereocenters. The van der Waals surface area contributed by atoms with E-state index in [0.29, 0.717) is 16.5 Å². The Kier molecular flexibility index (Phi) is 4.86. The highest BCUT2D eigenvalue weighted by atomic mass is 19.4. The van der Waals surface area contributed by atoms with Crippen molar-refractivity contribution in [3.05, 3.63) is 83.8 Å². The van der Waals surface area contributed by atoms with Crippen molar-refractivity contribution in [3.63, 3.8) is 0 Å². The van der Waals surface area contributed by atoms with Gasteiger partial charge in [0.1, 0.15) is 0 Å². The molecule has 0 radical (unpaired) electrons. The van der Waals surface area contributed by atoms with Gasteiger partial charge in [-0.3, -0.25) is 14.9 Å². The highest BCUT2D eigenvalue weighted by molar-refractivity contribution is 6.48. The number of amides is 1. The number of carbonyl (C=O) groups is 2. The zero-order valence-corrected chi connectivity index (χ0v) is 15.4. The van der Waals surface area contributed by atoms with Gasteiger partial charge in [0.15, 0.2) is 0 Å². The number of hydrogen-bond acceptors (Lipinski definition) is 3. The molecular formula is C21H15F3N4O2. The number of halogens is 3. The molecule has 0 spiro atoms. The molecule has 2 heterocycles. The molecule has 30 heavy (non-hydrogen) atoms. The van der Waals surface area contributed by atoms with E-state index in [9.17, 15) is 22.8 Å². The summed E-state index contributed by atoms with van der Waals surface area (Å²) in [5.74, 6) is -1.43. The van der Waals surface area contributed by atoms with Crippen molar-refractivity contribution in [2.75, 3.05) is 5.32 Å². The zero-order valence-electron chi connectivity index (χ0n) is 15.4. The number of alkyl halides is 3. The lowest BCUT2D eigenvalue weighted by Crippen LogP contribution is -2.23. The fourth-order valence-corrected chi connectivity index (χ4v) is 3.17. The third-order valence-electron chi connectivity index (χ3n) is 4.60. The van der Waals surface area contributed by atoms with Gasteiger partial charge in [0.2, 0.25) is 5.95 Å². The Labute approximate surface area is 168 Å². The fraction of sp³-hybridized carbons (Fsp3) is 0.0952. The monoisotopic (exact) mass is 412 g/mol. The summed E-state index contributed by atoms with van der Waals surface area (Å²) in [6.07, 6.45) is 0.0814. The summed E-state index contributed by atoms with van der Waals surface area (Å²) in [6.45, 7) is 0.242. The van der Waals surface area contributed by atoms with Crippen LogP contribution in [0.1, 0.15) is 21.5 Å². The Morgan fingerprint density at radius 2 is 1.80 bits per heavy atom. The third kappa shape index (κ3) is 3.82. The SMILES string of the molecule is O=C(Nc1ncc[nH]1)C(=O)c1cn(Cc2ccc(C(F)(F)F)cc2)c2ccccc12. The molecular weight excluding hydrogens is 397 g/mol. The van der Waals surface area contributed by atoms with Crippen LogP contribution in [0.2, 0.25) is 0 Å². The second kappa shape index (κ2) is 7.51. The minimum atomic E-state index is -4.40. The van der Waals surface area contributed by atoms with Gasteiger partial charge in [-0.1, -0.05) is 30.3 Å². The van der Waals surface area contributed by atoms with Gasteiger partial charge in [0.05, 0.1) is 11.1 Å². The van der Waals surface area contributed by atoms with Crippen LogP contribution in [0.15, 0.2) is 67.1 Å². The zero-order chi connectivity index (χ0) is 21.3. The summed E-state index contributed by atoms with van der Waals surface area (Å²) in [7, 11) is 0. The molecule has 0 fully saturated rings. The predicted octanol–water partition coefficient (Wildman–Crippen LogP) is 4.25. The van der Waals surface area contributed by atoms with E-state index in [4.69, 9.17) is 0 Å². The Morgan fingerprint density at radius 1 is 1.07 bits per heavy atom. The van der Waals surface area contributed by atoms with Crippen molar-refractivity contribution in [1.82, 2.24) is 14.5 Å². The van der Waals surface area contributed by atoms with E-state index >= 15 is 0 Å². The van der Waals surface area contributed by atoms with Crippen LogP contribution in [0.25, 0.3) is 10.9 Å². The molecule has 0 unspecified atom stereocenters. The molecule has 0 saturated heterocycles. The van der Waals surface area contributed by atoms with Crippen molar-refractivity contribution >= 4 is 28.5 Å². The molecule has 6 nitrogen and oxygen atoms in total. The van der Waals surface area contributed by atoms with Crippen molar-refractivity contribution in [1.29, 1.82) is 0 Å². The molecule has 2 aromatic carbocycles. The molecule has 1 amide bonds. The maximum Gasteiger partial charge on any atom is 0.416 e. The molecule has 2 N–H and O–H groups in total. The average Bonchev–Trinajstić information content (AvgIpc) is 3.35. The number of aromatic amines is 1. The van der Waals surface area contributed by atoms with Crippen LogP contribution in [0.5, 0.6) is 0 Å². The number of fused-ring (bicyclic) bond motifs is 1. The van der Waals surface area contributed by atoms with Gasteiger partial charge in [-0.2, -0.15) is 13.2 Å². The summed E-state index contributed by atoms with van der Waals surface area (Å²) in [5.41, 5.74) is 0.782. The van der Waals surface area contributed by atoms with E-state index in [1.54, 1.807) is 28.8 Å². The molecule has 9 heteroatoms. The quantitative estimate of drug-likeness (QED) is 0.380. The topological polar surface area (TPSA) is 79.8 Å².